The lowest BCUT2D eigenvalue weighted by molar-refractivity contribution is 0.0833. The molecule has 0 aliphatic carbocycles. The maximum absolute atomic E-state index is 5.79. The van der Waals surface area contributed by atoms with E-state index in [1.165, 1.54) is 0 Å². The maximum Gasteiger partial charge on any atom is 0.175 e. The Balaban J connectivity index is 2.04. The van der Waals surface area contributed by atoms with Gasteiger partial charge in [0.05, 0.1) is 39.2 Å². The van der Waals surface area contributed by atoms with E-state index in [0.717, 1.165) is 5.56 Å². The lowest BCUT2D eigenvalue weighted by atomic mass is 9.26. The Kier molecular flexibility index (Phi) is 4.56. The highest BCUT2D eigenvalue weighted by Crippen LogP contribution is 2.37. The fourth-order valence-electron chi connectivity index (χ4n) is 2.15. The molecule has 0 bridgehead atoms. The lowest BCUT2D eigenvalue weighted by Crippen LogP contribution is -2.60. The van der Waals surface area contributed by atoms with Crippen LogP contribution in [0.25, 0.3) is 0 Å². The molecule has 0 saturated carbocycles. The van der Waals surface area contributed by atoms with Gasteiger partial charge in [-0.25, -0.2) is 0 Å². The van der Waals surface area contributed by atoms with Gasteiger partial charge >= 0.3 is 0 Å². The number of hydrogen-bond donors (Lipinski definition) is 1. The molecule has 0 spiro atoms. The number of nitrogens with one attached hydrogen (secondary N) is 1. The highest BCUT2D eigenvalue weighted by molar-refractivity contribution is 6.67. The molecule has 1 heterocycles. The van der Waals surface area contributed by atoms with Crippen LogP contribution in [0, 0.1) is 0 Å². The quantitative estimate of drug-likeness (QED) is 0.664. The van der Waals surface area contributed by atoms with Crippen LogP contribution in [0.4, 0.5) is 0 Å². The van der Waals surface area contributed by atoms with Crippen molar-refractivity contribution in [3.05, 3.63) is 23.8 Å². The van der Waals surface area contributed by atoms with Crippen molar-refractivity contribution in [3.8, 4) is 11.5 Å². The summed E-state index contributed by atoms with van der Waals surface area (Å²) in [4.78, 5) is 0. The van der Waals surface area contributed by atoms with Crippen molar-refractivity contribution < 1.29 is 9.47 Å². The molecular formula is C12H10B7NO2. The first kappa shape index (κ1) is 17.6. The van der Waals surface area contributed by atoms with Gasteiger partial charge in [0, 0.05) is 6.04 Å². The minimum absolute atomic E-state index is 0.161. The van der Waals surface area contributed by atoms with Crippen molar-refractivity contribution in [1.82, 2.24) is 5.32 Å². The molecule has 1 aliphatic rings. The van der Waals surface area contributed by atoms with E-state index in [1.807, 2.05) is 13.0 Å². The van der Waals surface area contributed by atoms with Gasteiger partial charge in [0.25, 0.3) is 0 Å². The summed E-state index contributed by atoms with van der Waals surface area (Å²) in [6.07, 6.45) is 0.561. The molecule has 3 nitrogen and oxygen atoms in total. The van der Waals surface area contributed by atoms with Crippen LogP contribution in [0.1, 0.15) is 12.5 Å². The molecule has 1 N–H and O–H groups in total. The average molecular weight is 276 g/mol. The molecule has 0 unspecified atom stereocenters. The van der Waals surface area contributed by atoms with Crippen molar-refractivity contribution in [2.45, 2.75) is 35.4 Å². The summed E-state index contributed by atoms with van der Waals surface area (Å²) in [6.45, 7) is 1.86. The van der Waals surface area contributed by atoms with E-state index in [4.69, 9.17) is 64.4 Å². The van der Waals surface area contributed by atoms with E-state index in [9.17, 15) is 0 Å². The van der Waals surface area contributed by atoms with Gasteiger partial charge in [-0.15, -0.1) is 5.11 Å². The third-order valence-corrected chi connectivity index (χ3v) is 3.29. The number of ether oxygens (including phenoxy) is 2. The van der Waals surface area contributed by atoms with Crippen LogP contribution in [0.5, 0.6) is 11.5 Å². The Morgan fingerprint density at radius 3 is 2.27 bits per heavy atom. The fraction of sp³-hybridized carbons (Fsp3) is 0.500. The summed E-state index contributed by atoms with van der Waals surface area (Å²) < 4.78 is 10.5. The predicted octanol–water partition coefficient (Wildman–Crippen LogP) is -1.50. The molecule has 0 aromatic heterocycles. The Morgan fingerprint density at radius 2 is 1.68 bits per heavy atom. The van der Waals surface area contributed by atoms with Gasteiger partial charge in [-0.2, -0.15) is 0 Å². The van der Waals surface area contributed by atoms with E-state index in [0.29, 0.717) is 17.9 Å². The second-order valence-corrected chi connectivity index (χ2v) is 5.76. The average Bonchev–Trinajstić information content (AvgIpc) is 2.59. The van der Waals surface area contributed by atoms with Gasteiger partial charge in [0.15, 0.2) is 32.8 Å². The maximum atomic E-state index is 5.79. The van der Waals surface area contributed by atoms with E-state index >= 15 is 0 Å². The molecule has 0 fully saturated rings. The summed E-state index contributed by atoms with van der Waals surface area (Å²) in [5, 5.41) is -0.514. The highest BCUT2D eigenvalue weighted by Gasteiger charge is 2.32. The topological polar surface area (TPSA) is 30.5 Å². The molecule has 1 aromatic rings. The lowest BCUT2D eigenvalue weighted by Gasteiger charge is -2.45. The van der Waals surface area contributed by atoms with Crippen LogP contribution in [0.15, 0.2) is 18.2 Å². The number of rotatable bonds is 5. The Hall–Kier alpha value is -0.765. The van der Waals surface area contributed by atoms with Crippen molar-refractivity contribution in [2.75, 3.05) is 0 Å². The SMILES string of the molecule is [B]C1([B])Oc2ccc(C[C@@H](C)NC([B])([B])C([B])([B])[B])cc2O1. The molecule has 1 aromatic carbocycles. The summed E-state index contributed by atoms with van der Waals surface area (Å²) in [6, 6.07) is 5.17. The Labute approximate surface area is 140 Å². The van der Waals surface area contributed by atoms with Crippen LogP contribution in [0.3, 0.4) is 0 Å². The van der Waals surface area contributed by atoms with E-state index < -0.39 is 16.0 Å². The zero-order valence-corrected chi connectivity index (χ0v) is 12.4. The first-order valence-electron chi connectivity index (χ1n) is 6.70. The molecule has 0 amide bonds. The zero-order chi connectivity index (χ0) is 16.8. The predicted molar refractivity (Wildman–Crippen MR) is 92.4 cm³/mol. The normalized spacial score (nSPS) is 18.0. The number of benzene rings is 1. The summed E-state index contributed by atoms with van der Waals surface area (Å²) >= 11 is 0. The van der Waals surface area contributed by atoms with Crippen molar-refractivity contribution in [3.63, 3.8) is 0 Å². The second-order valence-electron chi connectivity index (χ2n) is 5.76. The smallest absolute Gasteiger partial charge is 0.175 e. The first-order valence-corrected chi connectivity index (χ1v) is 6.70. The van der Waals surface area contributed by atoms with Crippen molar-refractivity contribution in [2.24, 2.45) is 0 Å². The molecule has 96 valence electrons. The largest absolute Gasteiger partial charge is 0.468 e. The minimum Gasteiger partial charge on any atom is -0.468 e. The van der Waals surface area contributed by atoms with Gasteiger partial charge in [-0.05, 0) is 31.0 Å². The number of fused-ring (bicyclic) bond motifs is 1. The van der Waals surface area contributed by atoms with Crippen LogP contribution < -0.4 is 14.8 Å². The number of hydrogen-bond acceptors (Lipinski definition) is 3. The van der Waals surface area contributed by atoms with Crippen LogP contribution >= 0.6 is 0 Å². The summed E-state index contributed by atoms with van der Waals surface area (Å²) in [5.74, 6) is 0.943. The molecule has 10 heteroatoms. The fourth-order valence-corrected chi connectivity index (χ4v) is 2.15. The Bertz CT molecular complexity index is 559. The molecule has 2 rings (SSSR count). The molecule has 1 atom stereocenters. The van der Waals surface area contributed by atoms with Gasteiger partial charge < -0.3 is 14.8 Å². The van der Waals surface area contributed by atoms with Crippen molar-refractivity contribution >= 4 is 54.9 Å². The highest BCUT2D eigenvalue weighted by atomic mass is 16.7. The van der Waals surface area contributed by atoms with E-state index in [-0.39, 0.29) is 6.04 Å². The van der Waals surface area contributed by atoms with E-state index in [1.54, 1.807) is 12.1 Å². The molecule has 0 saturated heterocycles. The standard InChI is InChI=1S/C12H10B7NO2/c1-6(20-11(16,17)10(13,14)15)4-7-2-3-8-9(5-7)22-12(18,19)21-8/h2-3,5-6,20H,4H2,1H3/t6-/m1/s1. The zero-order valence-electron chi connectivity index (χ0n) is 12.4. The van der Waals surface area contributed by atoms with Gasteiger partial charge in [0.1, 0.15) is 0 Å². The van der Waals surface area contributed by atoms with E-state index in [2.05, 4.69) is 5.32 Å². The van der Waals surface area contributed by atoms with Crippen LogP contribution in [0.2, 0.25) is 5.11 Å². The summed E-state index contributed by atoms with van der Waals surface area (Å²) in [5.41, 5.74) is -0.722. The molecule has 14 radical (unpaired) electrons. The Morgan fingerprint density at radius 1 is 1.09 bits per heavy atom. The van der Waals surface area contributed by atoms with Gasteiger partial charge in [-0.3, -0.25) is 0 Å². The van der Waals surface area contributed by atoms with Crippen LogP contribution in [-0.4, -0.2) is 71.9 Å². The summed E-state index contributed by atoms with van der Waals surface area (Å²) in [7, 11) is 39.3. The monoisotopic (exact) mass is 277 g/mol. The van der Waals surface area contributed by atoms with Gasteiger partial charge in [-0.1, -0.05) is 11.4 Å². The second kappa shape index (κ2) is 5.70. The van der Waals surface area contributed by atoms with Gasteiger partial charge in [0.2, 0.25) is 0 Å². The molecule has 22 heavy (non-hydrogen) atoms. The van der Waals surface area contributed by atoms with Crippen LogP contribution in [-0.2, 0) is 6.42 Å². The first-order chi connectivity index (χ1) is 9.90. The molecular weight excluding hydrogens is 266 g/mol. The molecule has 1 aliphatic heterocycles. The van der Waals surface area contributed by atoms with Crippen molar-refractivity contribution in [1.29, 1.82) is 0 Å². The third kappa shape index (κ3) is 3.95. The minimum atomic E-state index is -1.77. The third-order valence-electron chi connectivity index (χ3n) is 3.29.